The molecule has 1 aromatic rings. The van der Waals surface area contributed by atoms with E-state index in [-0.39, 0.29) is 35.7 Å². The summed E-state index contributed by atoms with van der Waals surface area (Å²) in [5.74, 6) is -1.17. The average Bonchev–Trinajstić information content (AvgIpc) is 3.23. The van der Waals surface area contributed by atoms with Crippen LogP contribution in [0.2, 0.25) is 0 Å². The quantitative estimate of drug-likeness (QED) is 0.789. The molecule has 3 atom stereocenters. The molecule has 0 aromatic heterocycles. The molecule has 2 N–H and O–H groups in total. The number of fused-ring (bicyclic) bond motifs is 1. The summed E-state index contributed by atoms with van der Waals surface area (Å²) >= 11 is 0. The first-order chi connectivity index (χ1) is 13.1. The molecule has 2 aliphatic heterocycles. The van der Waals surface area contributed by atoms with Crippen LogP contribution in [0.25, 0.3) is 0 Å². The zero-order valence-electron chi connectivity index (χ0n) is 15.0. The molecule has 1 aromatic carbocycles. The summed E-state index contributed by atoms with van der Waals surface area (Å²) in [7, 11) is 0. The average molecular weight is 369 g/mol. The van der Waals surface area contributed by atoms with Gasteiger partial charge in [-0.05, 0) is 43.9 Å². The number of amides is 3. The van der Waals surface area contributed by atoms with E-state index in [9.17, 15) is 14.4 Å². The Hall–Kier alpha value is -2.67. The zero-order valence-corrected chi connectivity index (χ0v) is 15.0. The molecule has 2 fully saturated rings. The van der Waals surface area contributed by atoms with E-state index in [0.717, 1.165) is 19.4 Å². The molecular weight excluding hydrogens is 346 g/mol. The molecule has 0 bridgehead atoms. The van der Waals surface area contributed by atoms with Crippen LogP contribution < -0.4 is 15.8 Å². The molecule has 4 rings (SSSR count). The van der Waals surface area contributed by atoms with E-state index < -0.39 is 0 Å². The predicted molar refractivity (Wildman–Crippen MR) is 98.7 cm³/mol. The highest BCUT2D eigenvalue weighted by Gasteiger charge is 2.42. The smallest absolute Gasteiger partial charge is 0.251 e. The van der Waals surface area contributed by atoms with Crippen LogP contribution in [0.15, 0.2) is 36.4 Å². The number of benzene rings is 1. The second-order valence-corrected chi connectivity index (χ2v) is 7.20. The standard InChI is InChI=1S/C20H23N3O4/c24-18(21-12-15-7-4-10-27-15)13-5-3-6-14(11-13)23-20(26)17-9-2-1-8-16(17)19(25)22-23/h1-3,5-6,11,15-17H,4,7-10,12H2,(H,21,24)(H,22,25)/t15-,16+,17+/m0/s1. The molecule has 27 heavy (non-hydrogen) atoms. The lowest BCUT2D eigenvalue weighted by Gasteiger charge is -2.38. The lowest BCUT2D eigenvalue weighted by Crippen LogP contribution is -2.59. The van der Waals surface area contributed by atoms with Crippen molar-refractivity contribution >= 4 is 23.4 Å². The number of carbonyl (C=O) groups is 3. The maximum absolute atomic E-state index is 12.8. The Balaban J connectivity index is 1.48. The molecule has 0 unspecified atom stereocenters. The molecule has 0 spiro atoms. The van der Waals surface area contributed by atoms with Crippen molar-refractivity contribution in [2.24, 2.45) is 11.8 Å². The normalized spacial score (nSPS) is 27.3. The summed E-state index contributed by atoms with van der Waals surface area (Å²) < 4.78 is 5.51. The van der Waals surface area contributed by atoms with Crippen molar-refractivity contribution in [3.63, 3.8) is 0 Å². The first kappa shape index (κ1) is 17.7. The fourth-order valence-electron chi connectivity index (χ4n) is 3.88. The first-order valence-electron chi connectivity index (χ1n) is 9.43. The number of hydrogen-bond donors (Lipinski definition) is 2. The van der Waals surface area contributed by atoms with E-state index in [2.05, 4.69) is 10.7 Å². The Morgan fingerprint density at radius 1 is 1.22 bits per heavy atom. The molecule has 0 radical (unpaired) electrons. The van der Waals surface area contributed by atoms with Gasteiger partial charge in [0.05, 0.1) is 23.6 Å². The molecule has 2 heterocycles. The Labute approximate surface area is 157 Å². The summed E-state index contributed by atoms with van der Waals surface area (Å²) in [5.41, 5.74) is 3.62. The van der Waals surface area contributed by atoms with Crippen molar-refractivity contribution in [1.29, 1.82) is 0 Å². The van der Waals surface area contributed by atoms with E-state index >= 15 is 0 Å². The van der Waals surface area contributed by atoms with Crippen molar-refractivity contribution in [2.75, 3.05) is 18.2 Å². The van der Waals surface area contributed by atoms with Crippen LogP contribution in [0.3, 0.4) is 0 Å². The second kappa shape index (κ2) is 7.52. The maximum atomic E-state index is 12.8. The van der Waals surface area contributed by atoms with Gasteiger partial charge in [0, 0.05) is 18.7 Å². The van der Waals surface area contributed by atoms with Crippen molar-refractivity contribution in [3.8, 4) is 0 Å². The minimum Gasteiger partial charge on any atom is -0.376 e. The van der Waals surface area contributed by atoms with Gasteiger partial charge in [0.15, 0.2) is 0 Å². The van der Waals surface area contributed by atoms with E-state index in [0.29, 0.717) is 30.6 Å². The summed E-state index contributed by atoms with van der Waals surface area (Å²) in [6.07, 6.45) is 7.08. The summed E-state index contributed by atoms with van der Waals surface area (Å²) in [5, 5.41) is 4.15. The monoisotopic (exact) mass is 369 g/mol. The predicted octanol–water partition coefficient (Wildman–Crippen LogP) is 1.56. The number of carbonyl (C=O) groups excluding carboxylic acids is 3. The zero-order chi connectivity index (χ0) is 18.8. The number of allylic oxidation sites excluding steroid dienone is 2. The van der Waals surface area contributed by atoms with Crippen molar-refractivity contribution in [2.45, 2.75) is 31.8 Å². The first-order valence-corrected chi connectivity index (χ1v) is 9.43. The topological polar surface area (TPSA) is 87.7 Å². The minimum atomic E-state index is -0.347. The van der Waals surface area contributed by atoms with Crippen molar-refractivity contribution in [3.05, 3.63) is 42.0 Å². The summed E-state index contributed by atoms with van der Waals surface area (Å²) in [4.78, 5) is 37.7. The largest absolute Gasteiger partial charge is 0.376 e. The van der Waals surface area contributed by atoms with Crippen LogP contribution in [0.5, 0.6) is 0 Å². The number of anilines is 1. The molecule has 1 aliphatic carbocycles. The molecule has 142 valence electrons. The fourth-order valence-corrected chi connectivity index (χ4v) is 3.88. The third kappa shape index (κ3) is 3.60. The minimum absolute atomic E-state index is 0.0661. The second-order valence-electron chi connectivity index (χ2n) is 7.20. The van der Waals surface area contributed by atoms with Gasteiger partial charge < -0.3 is 10.1 Å². The molecular formula is C20H23N3O4. The lowest BCUT2D eigenvalue weighted by molar-refractivity contribution is -0.139. The highest BCUT2D eigenvalue weighted by Crippen LogP contribution is 2.32. The van der Waals surface area contributed by atoms with Crippen LogP contribution in [0.4, 0.5) is 5.69 Å². The number of hydrazine groups is 1. The fraction of sp³-hybridized carbons (Fsp3) is 0.450. The van der Waals surface area contributed by atoms with Gasteiger partial charge >= 0.3 is 0 Å². The molecule has 3 amide bonds. The van der Waals surface area contributed by atoms with E-state index in [1.165, 1.54) is 5.01 Å². The Bertz CT molecular complexity index is 785. The SMILES string of the molecule is O=C(NC[C@@H]1CCCO1)c1cccc(N2NC(=O)[C@@H]3CC=CC[C@H]3C2=O)c1. The molecule has 3 aliphatic rings. The number of rotatable bonds is 4. The van der Waals surface area contributed by atoms with Gasteiger partial charge in [-0.25, -0.2) is 5.01 Å². The van der Waals surface area contributed by atoms with Crippen LogP contribution >= 0.6 is 0 Å². The Morgan fingerprint density at radius 3 is 2.81 bits per heavy atom. The van der Waals surface area contributed by atoms with Crippen LogP contribution in [0, 0.1) is 11.8 Å². The Morgan fingerprint density at radius 2 is 2.04 bits per heavy atom. The van der Waals surface area contributed by atoms with Crippen molar-refractivity contribution in [1.82, 2.24) is 10.7 Å². The number of nitrogens with one attached hydrogen (secondary N) is 2. The van der Waals surface area contributed by atoms with E-state index in [4.69, 9.17) is 4.74 Å². The lowest BCUT2D eigenvalue weighted by atomic mass is 9.80. The molecule has 7 heteroatoms. The summed E-state index contributed by atoms with van der Waals surface area (Å²) in [6, 6.07) is 6.75. The van der Waals surface area contributed by atoms with Gasteiger partial charge in [-0.3, -0.25) is 19.8 Å². The van der Waals surface area contributed by atoms with E-state index in [1.807, 2.05) is 12.2 Å². The van der Waals surface area contributed by atoms with Gasteiger partial charge in [0.25, 0.3) is 5.91 Å². The molecule has 0 saturated carbocycles. The number of hydrogen-bond acceptors (Lipinski definition) is 4. The van der Waals surface area contributed by atoms with Crippen LogP contribution in [0.1, 0.15) is 36.0 Å². The number of ether oxygens (including phenoxy) is 1. The Kier molecular flexibility index (Phi) is 4.94. The summed E-state index contributed by atoms with van der Waals surface area (Å²) in [6.45, 7) is 1.21. The van der Waals surface area contributed by atoms with Crippen LogP contribution in [-0.4, -0.2) is 37.0 Å². The highest BCUT2D eigenvalue weighted by atomic mass is 16.5. The highest BCUT2D eigenvalue weighted by molar-refractivity contribution is 6.05. The van der Waals surface area contributed by atoms with Crippen molar-refractivity contribution < 1.29 is 19.1 Å². The maximum Gasteiger partial charge on any atom is 0.251 e. The third-order valence-electron chi connectivity index (χ3n) is 5.41. The van der Waals surface area contributed by atoms with Gasteiger partial charge in [0.2, 0.25) is 11.8 Å². The third-order valence-corrected chi connectivity index (χ3v) is 5.41. The molecule has 7 nitrogen and oxygen atoms in total. The van der Waals surface area contributed by atoms with Gasteiger partial charge in [-0.2, -0.15) is 0 Å². The van der Waals surface area contributed by atoms with Gasteiger partial charge in [-0.15, -0.1) is 0 Å². The van der Waals surface area contributed by atoms with Gasteiger partial charge in [-0.1, -0.05) is 18.2 Å². The van der Waals surface area contributed by atoms with Gasteiger partial charge in [0.1, 0.15) is 0 Å². The van der Waals surface area contributed by atoms with Crippen LogP contribution in [-0.2, 0) is 14.3 Å². The van der Waals surface area contributed by atoms with E-state index in [1.54, 1.807) is 24.3 Å². The molecule has 2 saturated heterocycles. The number of nitrogens with zero attached hydrogens (tertiary/aromatic N) is 1.